The van der Waals surface area contributed by atoms with Gasteiger partial charge < -0.3 is 14.2 Å². The Kier molecular flexibility index (Phi) is 7.88. The van der Waals surface area contributed by atoms with Crippen LogP contribution >= 0.6 is 34.5 Å². The molecule has 0 spiro atoms. The SMILES string of the molecule is CCOC(=O)C1=C(C)N=c2s/c(=C\c3cccc(Cl)c3Cl)c(=O)n2[C@H]1c1ccc(OC)c(OCC)c1. The van der Waals surface area contributed by atoms with Crippen molar-refractivity contribution in [3.8, 4) is 11.5 Å². The van der Waals surface area contributed by atoms with Crippen molar-refractivity contribution in [1.82, 2.24) is 4.57 Å². The first kappa shape index (κ1) is 26.0. The standard InChI is InChI=1S/C26H24Cl2N2O5S/c1-5-34-19-12-16(10-11-18(19)33-4)23-21(25(32)35-6-2)14(3)29-26-30(23)24(31)20(36-26)13-15-8-7-9-17(27)22(15)28/h7-13,23H,5-6H2,1-4H3/b20-13-/t23-/m0/s1. The van der Waals surface area contributed by atoms with Crippen LogP contribution in [0.2, 0.25) is 10.0 Å². The van der Waals surface area contributed by atoms with Crippen molar-refractivity contribution in [2.45, 2.75) is 26.8 Å². The summed E-state index contributed by atoms with van der Waals surface area (Å²) < 4.78 is 18.4. The van der Waals surface area contributed by atoms with Crippen LogP contribution in [0.1, 0.15) is 37.9 Å². The summed E-state index contributed by atoms with van der Waals surface area (Å²) >= 11 is 13.7. The van der Waals surface area contributed by atoms with Crippen LogP contribution in [0.25, 0.3) is 6.08 Å². The summed E-state index contributed by atoms with van der Waals surface area (Å²) in [6.45, 7) is 5.93. The van der Waals surface area contributed by atoms with E-state index in [1.807, 2.05) is 6.92 Å². The fraction of sp³-hybridized carbons (Fsp3) is 0.269. The summed E-state index contributed by atoms with van der Waals surface area (Å²) in [6.07, 6.45) is 1.68. The lowest BCUT2D eigenvalue weighted by Gasteiger charge is -2.25. The molecule has 0 fully saturated rings. The highest BCUT2D eigenvalue weighted by atomic mass is 35.5. The minimum Gasteiger partial charge on any atom is -0.493 e. The predicted octanol–water partition coefficient (Wildman–Crippen LogP) is 4.51. The zero-order valence-electron chi connectivity index (χ0n) is 20.1. The van der Waals surface area contributed by atoms with Gasteiger partial charge in [-0.15, -0.1) is 0 Å². The molecule has 4 rings (SSSR count). The normalized spacial score (nSPS) is 15.4. The molecule has 1 aromatic heterocycles. The van der Waals surface area contributed by atoms with E-state index in [0.717, 1.165) is 0 Å². The van der Waals surface area contributed by atoms with Gasteiger partial charge in [0.15, 0.2) is 16.3 Å². The molecule has 3 aromatic rings. The monoisotopic (exact) mass is 546 g/mol. The number of rotatable bonds is 7. The summed E-state index contributed by atoms with van der Waals surface area (Å²) in [4.78, 5) is 31.9. The number of methoxy groups -OCH3 is 1. The highest BCUT2D eigenvalue weighted by molar-refractivity contribution is 7.07. The zero-order valence-corrected chi connectivity index (χ0v) is 22.5. The van der Waals surface area contributed by atoms with Crippen LogP contribution in [0.15, 0.2) is 57.5 Å². The van der Waals surface area contributed by atoms with Gasteiger partial charge in [0, 0.05) is 0 Å². The second kappa shape index (κ2) is 10.9. The topological polar surface area (TPSA) is 79.1 Å². The van der Waals surface area contributed by atoms with Crippen molar-refractivity contribution in [3.05, 3.63) is 88.5 Å². The molecular formula is C26H24Cl2N2O5S. The average molecular weight is 547 g/mol. The maximum Gasteiger partial charge on any atom is 0.338 e. The lowest BCUT2D eigenvalue weighted by atomic mass is 9.95. The lowest BCUT2D eigenvalue weighted by molar-refractivity contribution is -0.139. The third-order valence-corrected chi connectivity index (χ3v) is 7.40. The zero-order chi connectivity index (χ0) is 26.0. The highest BCUT2D eigenvalue weighted by Crippen LogP contribution is 2.36. The van der Waals surface area contributed by atoms with Crippen LogP contribution in [0.5, 0.6) is 11.5 Å². The smallest absolute Gasteiger partial charge is 0.338 e. The Morgan fingerprint density at radius 3 is 2.64 bits per heavy atom. The van der Waals surface area contributed by atoms with Crippen LogP contribution in [0.3, 0.4) is 0 Å². The van der Waals surface area contributed by atoms with Crippen molar-refractivity contribution >= 4 is 46.6 Å². The van der Waals surface area contributed by atoms with Crippen molar-refractivity contribution in [2.75, 3.05) is 20.3 Å². The molecule has 0 saturated heterocycles. The number of carbonyl (C=O) groups is 1. The van der Waals surface area contributed by atoms with E-state index in [2.05, 4.69) is 4.99 Å². The number of halogens is 2. The quantitative estimate of drug-likeness (QED) is 0.407. The van der Waals surface area contributed by atoms with E-state index < -0.39 is 12.0 Å². The van der Waals surface area contributed by atoms with Crippen LogP contribution in [-0.4, -0.2) is 30.9 Å². The van der Waals surface area contributed by atoms with Crippen LogP contribution in [0, 0.1) is 0 Å². The number of allylic oxidation sites excluding steroid dienone is 1. The van der Waals surface area contributed by atoms with Gasteiger partial charge in [0.2, 0.25) is 0 Å². The van der Waals surface area contributed by atoms with Crippen LogP contribution < -0.4 is 24.4 Å². The Balaban J connectivity index is 1.98. The van der Waals surface area contributed by atoms with E-state index in [1.165, 1.54) is 15.9 Å². The van der Waals surface area contributed by atoms with E-state index in [0.29, 0.717) is 54.3 Å². The van der Waals surface area contributed by atoms with Gasteiger partial charge in [0.25, 0.3) is 5.56 Å². The molecule has 0 aliphatic carbocycles. The largest absolute Gasteiger partial charge is 0.493 e. The van der Waals surface area contributed by atoms with Gasteiger partial charge in [-0.1, -0.05) is 52.7 Å². The van der Waals surface area contributed by atoms with Crippen molar-refractivity contribution in [2.24, 2.45) is 4.99 Å². The van der Waals surface area contributed by atoms with Crippen molar-refractivity contribution in [3.63, 3.8) is 0 Å². The Hall–Kier alpha value is -3.07. The summed E-state index contributed by atoms with van der Waals surface area (Å²) in [5.74, 6) is 0.509. The Bertz CT molecular complexity index is 1540. The number of nitrogens with zero attached hydrogens (tertiary/aromatic N) is 2. The molecule has 7 nitrogen and oxygen atoms in total. The molecule has 10 heteroatoms. The summed E-state index contributed by atoms with van der Waals surface area (Å²) in [6, 6.07) is 9.76. The maximum absolute atomic E-state index is 13.7. The number of carbonyl (C=O) groups excluding carboxylic acids is 1. The third-order valence-electron chi connectivity index (χ3n) is 5.59. The van der Waals surface area contributed by atoms with Crippen LogP contribution in [-0.2, 0) is 9.53 Å². The average Bonchev–Trinajstić information content (AvgIpc) is 3.15. The molecule has 0 saturated carbocycles. The minimum absolute atomic E-state index is 0.187. The third kappa shape index (κ3) is 4.81. The number of esters is 1. The Labute approximate surface area is 221 Å². The Morgan fingerprint density at radius 1 is 1.17 bits per heavy atom. The molecule has 0 radical (unpaired) electrons. The molecule has 1 aliphatic heterocycles. The van der Waals surface area contributed by atoms with E-state index in [-0.39, 0.29) is 17.7 Å². The molecule has 0 bridgehead atoms. The first-order valence-electron chi connectivity index (χ1n) is 11.2. The molecule has 188 valence electrons. The van der Waals surface area contributed by atoms with Gasteiger partial charge in [-0.25, -0.2) is 9.79 Å². The van der Waals surface area contributed by atoms with E-state index >= 15 is 0 Å². The lowest BCUT2D eigenvalue weighted by Crippen LogP contribution is -2.40. The fourth-order valence-electron chi connectivity index (χ4n) is 4.01. The minimum atomic E-state index is -0.776. The number of aromatic nitrogens is 1. The second-order valence-electron chi connectivity index (χ2n) is 7.79. The molecule has 2 heterocycles. The van der Waals surface area contributed by atoms with Crippen molar-refractivity contribution < 1.29 is 19.0 Å². The Morgan fingerprint density at radius 2 is 1.94 bits per heavy atom. The first-order valence-corrected chi connectivity index (χ1v) is 12.8. The summed E-state index contributed by atoms with van der Waals surface area (Å²) in [7, 11) is 1.55. The number of fused-ring (bicyclic) bond motifs is 1. The van der Waals surface area contributed by atoms with E-state index in [1.54, 1.807) is 63.4 Å². The van der Waals surface area contributed by atoms with Gasteiger partial charge in [-0.2, -0.15) is 0 Å². The second-order valence-corrected chi connectivity index (χ2v) is 9.58. The van der Waals surface area contributed by atoms with Crippen molar-refractivity contribution in [1.29, 1.82) is 0 Å². The number of benzene rings is 2. The van der Waals surface area contributed by atoms with Gasteiger partial charge in [0.1, 0.15) is 0 Å². The summed E-state index contributed by atoms with van der Waals surface area (Å²) in [5.41, 5.74) is 1.70. The molecular weight excluding hydrogens is 523 g/mol. The summed E-state index contributed by atoms with van der Waals surface area (Å²) in [5, 5.41) is 0.736. The van der Waals surface area contributed by atoms with E-state index in [4.69, 9.17) is 37.4 Å². The van der Waals surface area contributed by atoms with Gasteiger partial charge in [0.05, 0.1) is 52.2 Å². The molecule has 2 aromatic carbocycles. The molecule has 1 aliphatic rings. The highest BCUT2D eigenvalue weighted by Gasteiger charge is 2.34. The number of hydrogen-bond acceptors (Lipinski definition) is 7. The van der Waals surface area contributed by atoms with Gasteiger partial charge in [-0.05, 0) is 56.2 Å². The van der Waals surface area contributed by atoms with Crippen LogP contribution in [0.4, 0.5) is 0 Å². The van der Waals surface area contributed by atoms with Gasteiger partial charge >= 0.3 is 5.97 Å². The van der Waals surface area contributed by atoms with Gasteiger partial charge in [-0.3, -0.25) is 9.36 Å². The molecule has 0 N–H and O–H groups in total. The number of thiazole rings is 1. The maximum atomic E-state index is 13.7. The molecule has 1 atom stereocenters. The predicted molar refractivity (Wildman–Crippen MR) is 141 cm³/mol. The molecule has 0 amide bonds. The fourth-order valence-corrected chi connectivity index (χ4v) is 5.41. The number of ether oxygens (including phenoxy) is 3. The molecule has 36 heavy (non-hydrogen) atoms. The first-order chi connectivity index (χ1) is 17.3. The van der Waals surface area contributed by atoms with E-state index in [9.17, 15) is 9.59 Å². The molecule has 0 unspecified atom stereocenters. The number of hydrogen-bond donors (Lipinski definition) is 0.